The highest BCUT2D eigenvalue weighted by atomic mass is 16.5. The van der Waals surface area contributed by atoms with Crippen molar-refractivity contribution in [3.8, 4) is 11.5 Å². The third-order valence-corrected chi connectivity index (χ3v) is 4.39. The van der Waals surface area contributed by atoms with Crippen LogP contribution in [0.5, 0.6) is 11.5 Å². The molecule has 27 heavy (non-hydrogen) atoms. The van der Waals surface area contributed by atoms with Gasteiger partial charge in [-0.05, 0) is 30.2 Å². The number of benzene rings is 2. The molecule has 1 aliphatic heterocycles. The fourth-order valence-electron chi connectivity index (χ4n) is 2.98. The molecule has 7 heteroatoms. The van der Waals surface area contributed by atoms with Gasteiger partial charge in [-0.25, -0.2) is 0 Å². The van der Waals surface area contributed by atoms with Crippen molar-refractivity contribution >= 4 is 17.7 Å². The van der Waals surface area contributed by atoms with Gasteiger partial charge in [0.1, 0.15) is 18.0 Å². The van der Waals surface area contributed by atoms with E-state index in [1.54, 1.807) is 44.6 Å². The zero-order valence-corrected chi connectivity index (χ0v) is 15.2. The highest BCUT2D eigenvalue weighted by molar-refractivity contribution is 6.22. The van der Waals surface area contributed by atoms with Crippen LogP contribution in [-0.2, 0) is 11.2 Å². The lowest BCUT2D eigenvalue weighted by Gasteiger charge is -2.14. The van der Waals surface area contributed by atoms with Crippen molar-refractivity contribution in [1.82, 2.24) is 10.2 Å². The second-order valence-corrected chi connectivity index (χ2v) is 6.02. The van der Waals surface area contributed by atoms with Crippen molar-refractivity contribution < 1.29 is 23.9 Å². The molecule has 1 heterocycles. The van der Waals surface area contributed by atoms with Gasteiger partial charge in [-0.3, -0.25) is 19.3 Å². The molecular weight excluding hydrogens is 348 g/mol. The molecule has 1 N–H and O–H groups in total. The number of ether oxygens (including phenoxy) is 2. The molecule has 140 valence electrons. The van der Waals surface area contributed by atoms with Crippen LogP contribution in [0.15, 0.2) is 42.5 Å². The first kappa shape index (κ1) is 18.4. The van der Waals surface area contributed by atoms with Gasteiger partial charge in [0.05, 0.1) is 25.3 Å². The maximum absolute atomic E-state index is 12.3. The van der Waals surface area contributed by atoms with Gasteiger partial charge < -0.3 is 14.8 Å². The molecule has 3 amide bonds. The average molecular weight is 368 g/mol. The van der Waals surface area contributed by atoms with Crippen LogP contribution in [0.1, 0.15) is 26.3 Å². The highest BCUT2D eigenvalue weighted by Crippen LogP contribution is 2.25. The molecule has 3 rings (SSSR count). The van der Waals surface area contributed by atoms with Gasteiger partial charge in [-0.1, -0.05) is 18.2 Å². The van der Waals surface area contributed by atoms with Crippen molar-refractivity contribution in [3.05, 3.63) is 59.2 Å². The van der Waals surface area contributed by atoms with Gasteiger partial charge in [0.2, 0.25) is 5.91 Å². The van der Waals surface area contributed by atoms with Gasteiger partial charge in [0.25, 0.3) is 11.8 Å². The summed E-state index contributed by atoms with van der Waals surface area (Å²) in [4.78, 5) is 37.7. The predicted octanol–water partition coefficient (Wildman–Crippen LogP) is 1.66. The Bertz CT molecular complexity index is 859. The molecule has 0 spiro atoms. The second kappa shape index (κ2) is 7.90. The van der Waals surface area contributed by atoms with Gasteiger partial charge in [0, 0.05) is 12.6 Å². The summed E-state index contributed by atoms with van der Waals surface area (Å²) in [7, 11) is 3.15. The Labute approximate surface area is 156 Å². The molecule has 0 radical (unpaired) electrons. The smallest absolute Gasteiger partial charge is 0.262 e. The van der Waals surface area contributed by atoms with Crippen LogP contribution >= 0.6 is 0 Å². The summed E-state index contributed by atoms with van der Waals surface area (Å²) in [5, 5.41) is 2.73. The second-order valence-electron chi connectivity index (χ2n) is 6.02. The van der Waals surface area contributed by atoms with Crippen molar-refractivity contribution in [2.45, 2.75) is 6.42 Å². The standard InChI is InChI=1S/C20H20N2O5/c1-26-14-8-7-13(17(11-14)27-2)9-10-21-18(23)12-22-19(24)15-5-3-4-6-16(15)20(22)25/h3-8,11H,9-10,12H2,1-2H3,(H,21,23). The summed E-state index contributed by atoms with van der Waals surface area (Å²) >= 11 is 0. The molecule has 1 aliphatic rings. The zero-order chi connectivity index (χ0) is 19.4. The number of nitrogens with one attached hydrogen (secondary N) is 1. The topological polar surface area (TPSA) is 84.9 Å². The largest absolute Gasteiger partial charge is 0.497 e. The Morgan fingerprint density at radius 3 is 2.26 bits per heavy atom. The Morgan fingerprint density at radius 2 is 1.67 bits per heavy atom. The van der Waals surface area contributed by atoms with Crippen LogP contribution in [0, 0.1) is 0 Å². The van der Waals surface area contributed by atoms with Crippen molar-refractivity contribution in [1.29, 1.82) is 0 Å². The molecule has 0 aromatic heterocycles. The van der Waals surface area contributed by atoms with E-state index in [0.29, 0.717) is 35.6 Å². The molecular formula is C20H20N2O5. The number of fused-ring (bicyclic) bond motifs is 1. The molecule has 0 saturated carbocycles. The number of imide groups is 1. The Kier molecular flexibility index (Phi) is 5.40. The molecule has 2 aromatic rings. The first-order valence-electron chi connectivity index (χ1n) is 8.48. The third kappa shape index (κ3) is 3.76. The minimum atomic E-state index is -0.442. The molecule has 0 bridgehead atoms. The Hall–Kier alpha value is -3.35. The fourth-order valence-corrected chi connectivity index (χ4v) is 2.98. The van der Waals surface area contributed by atoms with E-state index in [1.807, 2.05) is 12.1 Å². The lowest BCUT2D eigenvalue weighted by atomic mass is 10.1. The van der Waals surface area contributed by atoms with Gasteiger partial charge in [0.15, 0.2) is 0 Å². The maximum Gasteiger partial charge on any atom is 0.262 e. The molecule has 7 nitrogen and oxygen atoms in total. The number of hydrogen-bond acceptors (Lipinski definition) is 5. The van der Waals surface area contributed by atoms with E-state index in [1.165, 1.54) is 0 Å². The third-order valence-electron chi connectivity index (χ3n) is 4.39. The van der Waals surface area contributed by atoms with E-state index in [4.69, 9.17) is 9.47 Å². The first-order valence-corrected chi connectivity index (χ1v) is 8.48. The van der Waals surface area contributed by atoms with E-state index < -0.39 is 17.7 Å². The summed E-state index contributed by atoms with van der Waals surface area (Å²) < 4.78 is 10.5. The predicted molar refractivity (Wildman–Crippen MR) is 98.1 cm³/mol. The van der Waals surface area contributed by atoms with Crippen molar-refractivity contribution in [2.75, 3.05) is 27.3 Å². The number of methoxy groups -OCH3 is 2. The normalized spacial score (nSPS) is 12.7. The van der Waals surface area contributed by atoms with Gasteiger partial charge >= 0.3 is 0 Å². The lowest BCUT2D eigenvalue weighted by molar-refractivity contribution is -0.121. The van der Waals surface area contributed by atoms with E-state index in [2.05, 4.69) is 5.32 Å². The molecule has 0 unspecified atom stereocenters. The first-order chi connectivity index (χ1) is 13.0. The molecule has 0 fully saturated rings. The number of carbonyl (C=O) groups is 3. The van der Waals surface area contributed by atoms with Crippen LogP contribution in [-0.4, -0.2) is 49.9 Å². The maximum atomic E-state index is 12.3. The van der Waals surface area contributed by atoms with Crippen molar-refractivity contribution in [3.63, 3.8) is 0 Å². The summed E-state index contributed by atoms with van der Waals surface area (Å²) in [6.07, 6.45) is 0.543. The SMILES string of the molecule is COc1ccc(CCNC(=O)CN2C(=O)c3ccccc3C2=O)c(OC)c1. The number of nitrogens with zero attached hydrogens (tertiary/aromatic N) is 1. The Balaban J connectivity index is 1.55. The van der Waals surface area contributed by atoms with Crippen LogP contribution in [0.3, 0.4) is 0 Å². The van der Waals surface area contributed by atoms with Crippen LogP contribution in [0.4, 0.5) is 0 Å². The van der Waals surface area contributed by atoms with Gasteiger partial charge in [-0.2, -0.15) is 0 Å². The molecule has 0 saturated heterocycles. The molecule has 2 aromatic carbocycles. The minimum absolute atomic E-state index is 0.300. The monoisotopic (exact) mass is 368 g/mol. The number of carbonyl (C=O) groups excluding carboxylic acids is 3. The number of amides is 3. The quantitative estimate of drug-likeness (QED) is 0.752. The van der Waals surface area contributed by atoms with E-state index in [9.17, 15) is 14.4 Å². The fraction of sp³-hybridized carbons (Fsp3) is 0.250. The average Bonchev–Trinajstić information content (AvgIpc) is 2.93. The lowest BCUT2D eigenvalue weighted by Crippen LogP contribution is -2.40. The summed E-state index contributed by atoms with van der Waals surface area (Å²) in [6.45, 7) is 0.0524. The van der Waals surface area contributed by atoms with Crippen molar-refractivity contribution in [2.24, 2.45) is 0 Å². The summed E-state index contributed by atoms with van der Waals surface area (Å²) in [5.41, 5.74) is 1.58. The number of rotatable bonds is 7. The van der Waals surface area contributed by atoms with E-state index >= 15 is 0 Å². The van der Waals surface area contributed by atoms with Crippen LogP contribution in [0.25, 0.3) is 0 Å². The van der Waals surface area contributed by atoms with E-state index in [-0.39, 0.29) is 6.54 Å². The van der Waals surface area contributed by atoms with Crippen LogP contribution in [0.2, 0.25) is 0 Å². The number of hydrogen-bond donors (Lipinski definition) is 1. The minimum Gasteiger partial charge on any atom is -0.497 e. The molecule has 0 aliphatic carbocycles. The van der Waals surface area contributed by atoms with E-state index in [0.717, 1.165) is 10.5 Å². The van der Waals surface area contributed by atoms with Gasteiger partial charge in [-0.15, -0.1) is 0 Å². The Morgan fingerprint density at radius 1 is 1.00 bits per heavy atom. The van der Waals surface area contributed by atoms with Crippen LogP contribution < -0.4 is 14.8 Å². The molecule has 0 atom stereocenters. The summed E-state index contributed by atoms with van der Waals surface area (Å²) in [6, 6.07) is 12.0. The highest BCUT2D eigenvalue weighted by Gasteiger charge is 2.36. The summed E-state index contributed by atoms with van der Waals surface area (Å²) in [5.74, 6) is 0.0799. The zero-order valence-electron chi connectivity index (χ0n) is 15.2.